The lowest BCUT2D eigenvalue weighted by molar-refractivity contribution is 0.116. The van der Waals surface area contributed by atoms with E-state index in [-0.39, 0.29) is 0 Å². The first-order valence-corrected chi connectivity index (χ1v) is 7.01. The maximum Gasteiger partial charge on any atom is 0.107 e. The van der Waals surface area contributed by atoms with Gasteiger partial charge in [0, 0.05) is 18.5 Å². The molecule has 0 aliphatic rings. The fourth-order valence-corrected chi connectivity index (χ4v) is 2.37. The summed E-state index contributed by atoms with van der Waals surface area (Å²) >= 11 is 1.59. The first-order chi connectivity index (χ1) is 8.88. The van der Waals surface area contributed by atoms with Crippen molar-refractivity contribution in [2.24, 2.45) is 5.73 Å². The van der Waals surface area contributed by atoms with Crippen LogP contribution in [0, 0.1) is 0 Å². The highest BCUT2D eigenvalue weighted by atomic mass is 32.1. The van der Waals surface area contributed by atoms with Gasteiger partial charge in [0.15, 0.2) is 0 Å². The highest BCUT2D eigenvalue weighted by Gasteiger charge is 2.00. The molecule has 0 bridgehead atoms. The van der Waals surface area contributed by atoms with E-state index >= 15 is 0 Å². The minimum atomic E-state index is 0.513. The third-order valence-electron chi connectivity index (χ3n) is 2.62. The molecule has 1 heterocycles. The number of thiazole rings is 1. The van der Waals surface area contributed by atoms with Gasteiger partial charge in [-0.2, -0.15) is 0 Å². The SMILES string of the molecule is NCc1nc(COCCCc2ccccc2)cs1. The lowest BCUT2D eigenvalue weighted by Crippen LogP contribution is -1.99. The predicted molar refractivity (Wildman–Crippen MR) is 74.4 cm³/mol. The minimum absolute atomic E-state index is 0.513. The summed E-state index contributed by atoms with van der Waals surface area (Å²) in [6, 6.07) is 10.5. The Morgan fingerprint density at radius 1 is 1.22 bits per heavy atom. The number of nitrogens with two attached hydrogens (primary N) is 1. The zero-order valence-electron chi connectivity index (χ0n) is 10.3. The summed E-state index contributed by atoms with van der Waals surface area (Å²) in [5.41, 5.74) is 7.86. The maximum absolute atomic E-state index is 5.60. The van der Waals surface area contributed by atoms with Gasteiger partial charge < -0.3 is 10.5 Å². The van der Waals surface area contributed by atoms with E-state index in [0.29, 0.717) is 13.2 Å². The van der Waals surface area contributed by atoms with Gasteiger partial charge >= 0.3 is 0 Å². The van der Waals surface area contributed by atoms with Gasteiger partial charge in [-0.05, 0) is 18.4 Å². The van der Waals surface area contributed by atoms with Gasteiger partial charge in [-0.3, -0.25) is 0 Å². The molecule has 0 aliphatic carbocycles. The molecule has 0 aliphatic heterocycles. The number of hydrogen-bond donors (Lipinski definition) is 1. The van der Waals surface area contributed by atoms with Gasteiger partial charge in [-0.15, -0.1) is 11.3 Å². The highest BCUT2D eigenvalue weighted by molar-refractivity contribution is 7.09. The van der Waals surface area contributed by atoms with Gasteiger partial charge in [-0.1, -0.05) is 30.3 Å². The van der Waals surface area contributed by atoms with Crippen LogP contribution in [0.3, 0.4) is 0 Å². The molecule has 0 spiro atoms. The molecular formula is C14H18N2OS. The highest BCUT2D eigenvalue weighted by Crippen LogP contribution is 2.10. The zero-order valence-corrected chi connectivity index (χ0v) is 11.2. The molecule has 2 N–H and O–H groups in total. The van der Waals surface area contributed by atoms with Crippen molar-refractivity contribution < 1.29 is 4.74 Å². The maximum atomic E-state index is 5.60. The summed E-state index contributed by atoms with van der Waals surface area (Å²) in [5, 5.41) is 2.98. The van der Waals surface area contributed by atoms with Crippen molar-refractivity contribution in [2.45, 2.75) is 26.0 Å². The van der Waals surface area contributed by atoms with Crippen LogP contribution in [0.25, 0.3) is 0 Å². The number of rotatable bonds is 7. The zero-order chi connectivity index (χ0) is 12.6. The van der Waals surface area contributed by atoms with E-state index in [1.807, 2.05) is 11.4 Å². The molecule has 0 atom stereocenters. The van der Waals surface area contributed by atoms with Crippen LogP contribution in [-0.4, -0.2) is 11.6 Å². The smallest absolute Gasteiger partial charge is 0.107 e. The normalized spacial score (nSPS) is 10.7. The van der Waals surface area contributed by atoms with Crippen LogP contribution in [0.5, 0.6) is 0 Å². The van der Waals surface area contributed by atoms with Gasteiger partial charge in [0.25, 0.3) is 0 Å². The van der Waals surface area contributed by atoms with E-state index in [9.17, 15) is 0 Å². The van der Waals surface area contributed by atoms with E-state index in [4.69, 9.17) is 10.5 Å². The van der Waals surface area contributed by atoms with Crippen molar-refractivity contribution in [3.05, 3.63) is 52.0 Å². The molecule has 1 aromatic carbocycles. The standard InChI is InChI=1S/C14H18N2OS/c15-9-14-16-13(11-18-14)10-17-8-4-7-12-5-2-1-3-6-12/h1-3,5-6,11H,4,7-10,15H2. The van der Waals surface area contributed by atoms with E-state index in [1.54, 1.807) is 11.3 Å². The average molecular weight is 262 g/mol. The molecule has 0 saturated carbocycles. The van der Waals surface area contributed by atoms with Crippen LogP contribution >= 0.6 is 11.3 Å². The quantitative estimate of drug-likeness (QED) is 0.781. The number of aryl methyl sites for hydroxylation is 1. The van der Waals surface area contributed by atoms with Gasteiger partial charge in [-0.25, -0.2) is 4.98 Å². The van der Waals surface area contributed by atoms with Gasteiger partial charge in [0.05, 0.1) is 12.3 Å². The summed E-state index contributed by atoms with van der Waals surface area (Å²) in [6.07, 6.45) is 2.10. The van der Waals surface area contributed by atoms with Crippen molar-refractivity contribution in [3.8, 4) is 0 Å². The van der Waals surface area contributed by atoms with Crippen LogP contribution in [0.1, 0.15) is 22.7 Å². The monoisotopic (exact) mass is 262 g/mol. The number of hydrogen-bond acceptors (Lipinski definition) is 4. The summed E-state index contributed by atoms with van der Waals surface area (Å²) in [6.45, 7) is 1.87. The molecule has 4 heteroatoms. The Morgan fingerprint density at radius 2 is 2.06 bits per heavy atom. The van der Waals surface area contributed by atoms with Crippen LogP contribution in [0.2, 0.25) is 0 Å². The van der Waals surface area contributed by atoms with Crippen molar-refractivity contribution in [2.75, 3.05) is 6.61 Å². The number of ether oxygens (including phenoxy) is 1. The Hall–Kier alpha value is -1.23. The lowest BCUT2D eigenvalue weighted by atomic mass is 10.1. The van der Waals surface area contributed by atoms with E-state index in [0.717, 1.165) is 30.2 Å². The molecule has 0 unspecified atom stereocenters. The third-order valence-corrected chi connectivity index (χ3v) is 3.54. The van der Waals surface area contributed by atoms with Crippen molar-refractivity contribution in [1.82, 2.24) is 4.98 Å². The molecule has 0 radical (unpaired) electrons. The first-order valence-electron chi connectivity index (χ1n) is 6.13. The molecule has 2 aromatic rings. The van der Waals surface area contributed by atoms with Gasteiger partial charge in [0.1, 0.15) is 5.01 Å². The molecule has 2 rings (SSSR count). The van der Waals surface area contributed by atoms with E-state index in [2.05, 4.69) is 29.2 Å². The molecule has 1 aromatic heterocycles. The molecule has 0 fully saturated rings. The molecule has 0 amide bonds. The lowest BCUT2D eigenvalue weighted by Gasteiger charge is -2.02. The van der Waals surface area contributed by atoms with E-state index < -0.39 is 0 Å². The number of benzene rings is 1. The second kappa shape index (κ2) is 7.26. The Balaban J connectivity index is 1.61. The van der Waals surface area contributed by atoms with Crippen molar-refractivity contribution >= 4 is 11.3 Å². The minimum Gasteiger partial charge on any atom is -0.375 e. The summed E-state index contributed by atoms with van der Waals surface area (Å²) in [4.78, 5) is 4.35. The Morgan fingerprint density at radius 3 is 2.78 bits per heavy atom. The fraction of sp³-hybridized carbons (Fsp3) is 0.357. The second-order valence-corrected chi connectivity index (χ2v) is 5.02. The fourth-order valence-electron chi connectivity index (χ4n) is 1.71. The van der Waals surface area contributed by atoms with Crippen LogP contribution < -0.4 is 5.73 Å². The predicted octanol–water partition coefficient (Wildman–Crippen LogP) is 2.75. The average Bonchev–Trinajstić information content (AvgIpc) is 2.87. The molecular weight excluding hydrogens is 244 g/mol. The number of nitrogens with zero attached hydrogens (tertiary/aromatic N) is 1. The first kappa shape index (κ1) is 13.2. The summed E-state index contributed by atoms with van der Waals surface area (Å²) < 4.78 is 5.60. The second-order valence-electron chi connectivity index (χ2n) is 4.08. The molecule has 96 valence electrons. The Bertz CT molecular complexity index is 456. The topological polar surface area (TPSA) is 48.1 Å². The molecule has 18 heavy (non-hydrogen) atoms. The van der Waals surface area contributed by atoms with Crippen LogP contribution in [0.4, 0.5) is 0 Å². The molecule has 0 saturated heterocycles. The molecule has 3 nitrogen and oxygen atoms in total. The summed E-state index contributed by atoms with van der Waals surface area (Å²) in [7, 11) is 0. The largest absolute Gasteiger partial charge is 0.375 e. The Kier molecular flexibility index (Phi) is 5.33. The van der Waals surface area contributed by atoms with Crippen molar-refractivity contribution in [1.29, 1.82) is 0 Å². The van der Waals surface area contributed by atoms with E-state index in [1.165, 1.54) is 5.56 Å². The summed E-state index contributed by atoms with van der Waals surface area (Å²) in [5.74, 6) is 0. The van der Waals surface area contributed by atoms with Gasteiger partial charge in [0.2, 0.25) is 0 Å². The third kappa shape index (κ3) is 4.22. The van der Waals surface area contributed by atoms with Crippen molar-refractivity contribution in [3.63, 3.8) is 0 Å². The van der Waals surface area contributed by atoms with Crippen LogP contribution in [-0.2, 0) is 24.3 Å². The number of aromatic nitrogens is 1. The van der Waals surface area contributed by atoms with Crippen LogP contribution in [0.15, 0.2) is 35.7 Å². The Labute approximate surface area is 112 Å².